The number of nitrogens with zero attached hydrogens (tertiary/aromatic N) is 1. The van der Waals surface area contributed by atoms with Gasteiger partial charge in [-0.05, 0) is 43.0 Å². The van der Waals surface area contributed by atoms with Crippen LogP contribution in [0.4, 0.5) is 0 Å². The number of aromatic nitrogens is 1. The number of nitrogens with two attached hydrogens (primary N) is 1. The largest absolute Gasteiger partial charge is 0.347 e. The molecule has 2 nitrogen and oxygen atoms in total. The molecule has 90 valence electrons. The molecule has 1 unspecified atom stereocenters. The molecular formula is C14H17ClN2. The molecule has 2 aromatic rings. The lowest BCUT2D eigenvalue weighted by Crippen LogP contribution is -2.20. The molecule has 17 heavy (non-hydrogen) atoms. The molecule has 1 aromatic carbocycles. The molecule has 1 aromatic heterocycles. The van der Waals surface area contributed by atoms with Crippen LogP contribution in [0.1, 0.15) is 30.0 Å². The van der Waals surface area contributed by atoms with Crippen LogP contribution >= 0.6 is 11.6 Å². The molecule has 1 aliphatic carbocycles. The van der Waals surface area contributed by atoms with Crippen molar-refractivity contribution in [3.05, 3.63) is 34.5 Å². The van der Waals surface area contributed by atoms with Gasteiger partial charge in [-0.2, -0.15) is 0 Å². The zero-order chi connectivity index (χ0) is 12.0. The first-order valence-corrected chi connectivity index (χ1v) is 6.57. The van der Waals surface area contributed by atoms with Crippen molar-refractivity contribution >= 4 is 22.5 Å². The van der Waals surface area contributed by atoms with E-state index in [0.717, 1.165) is 18.0 Å². The number of rotatable bonds is 1. The van der Waals surface area contributed by atoms with Gasteiger partial charge in [0.2, 0.25) is 0 Å². The van der Waals surface area contributed by atoms with Crippen LogP contribution in [0.3, 0.4) is 0 Å². The highest BCUT2D eigenvalue weighted by atomic mass is 35.5. The Labute approximate surface area is 106 Å². The minimum Gasteiger partial charge on any atom is -0.347 e. The first kappa shape index (κ1) is 11.1. The minimum atomic E-state index is 0.509. The second-order valence-corrected chi connectivity index (χ2v) is 5.35. The van der Waals surface area contributed by atoms with E-state index in [2.05, 4.69) is 23.7 Å². The van der Waals surface area contributed by atoms with E-state index in [1.165, 1.54) is 35.0 Å². The Morgan fingerprint density at radius 2 is 2.29 bits per heavy atom. The molecule has 1 atom stereocenters. The van der Waals surface area contributed by atoms with Crippen molar-refractivity contribution in [1.29, 1.82) is 0 Å². The van der Waals surface area contributed by atoms with Crippen molar-refractivity contribution in [3.8, 4) is 0 Å². The zero-order valence-corrected chi connectivity index (χ0v) is 10.8. The Morgan fingerprint density at radius 3 is 3.06 bits per heavy atom. The van der Waals surface area contributed by atoms with Crippen molar-refractivity contribution in [2.24, 2.45) is 12.8 Å². The first-order valence-electron chi connectivity index (χ1n) is 6.19. The second kappa shape index (κ2) is 4.04. The summed E-state index contributed by atoms with van der Waals surface area (Å²) < 4.78 is 2.30. The van der Waals surface area contributed by atoms with E-state index >= 15 is 0 Å². The quantitative estimate of drug-likeness (QED) is 0.826. The van der Waals surface area contributed by atoms with Gasteiger partial charge in [-0.3, -0.25) is 0 Å². The summed E-state index contributed by atoms with van der Waals surface area (Å²) in [6.45, 7) is 0.741. The van der Waals surface area contributed by atoms with Gasteiger partial charge in [-0.15, -0.1) is 0 Å². The molecular weight excluding hydrogens is 232 g/mol. The summed E-state index contributed by atoms with van der Waals surface area (Å²) >= 11 is 6.11. The molecule has 1 heterocycles. The maximum Gasteiger partial charge on any atom is 0.0483 e. The fraction of sp³-hybridized carbons (Fsp3) is 0.429. The van der Waals surface area contributed by atoms with Crippen LogP contribution in [0.2, 0.25) is 5.02 Å². The number of hydrogen-bond donors (Lipinski definition) is 1. The summed E-state index contributed by atoms with van der Waals surface area (Å²) in [6.07, 6.45) is 3.60. The summed E-state index contributed by atoms with van der Waals surface area (Å²) in [5.41, 5.74) is 10.1. The highest BCUT2D eigenvalue weighted by Crippen LogP contribution is 2.38. The normalized spacial score (nSPS) is 19.6. The predicted octanol–water partition coefficient (Wildman–Crippen LogP) is 3.21. The minimum absolute atomic E-state index is 0.509. The average molecular weight is 249 g/mol. The first-order chi connectivity index (χ1) is 8.22. The monoisotopic (exact) mass is 248 g/mol. The second-order valence-electron chi connectivity index (χ2n) is 4.91. The highest BCUT2D eigenvalue weighted by molar-refractivity contribution is 6.31. The molecule has 0 saturated heterocycles. The number of aryl methyl sites for hydroxylation is 2. The van der Waals surface area contributed by atoms with E-state index in [0.29, 0.717) is 5.92 Å². The molecule has 0 aliphatic heterocycles. The van der Waals surface area contributed by atoms with Gasteiger partial charge in [0.15, 0.2) is 0 Å². The maximum absolute atomic E-state index is 6.11. The van der Waals surface area contributed by atoms with E-state index in [9.17, 15) is 0 Å². The molecule has 0 radical (unpaired) electrons. The van der Waals surface area contributed by atoms with Crippen molar-refractivity contribution in [2.45, 2.75) is 25.2 Å². The summed E-state index contributed by atoms with van der Waals surface area (Å²) in [6, 6.07) is 6.17. The molecule has 0 spiro atoms. The van der Waals surface area contributed by atoms with Gasteiger partial charge in [-0.1, -0.05) is 11.6 Å². The number of fused-ring (bicyclic) bond motifs is 3. The van der Waals surface area contributed by atoms with Gasteiger partial charge in [0, 0.05) is 41.1 Å². The van der Waals surface area contributed by atoms with Gasteiger partial charge in [0.05, 0.1) is 0 Å². The third-order valence-electron chi connectivity index (χ3n) is 3.97. The topological polar surface area (TPSA) is 30.9 Å². The molecule has 2 N–H and O–H groups in total. The van der Waals surface area contributed by atoms with E-state index in [-0.39, 0.29) is 0 Å². The Balaban J connectivity index is 2.33. The van der Waals surface area contributed by atoms with Crippen molar-refractivity contribution in [1.82, 2.24) is 4.57 Å². The van der Waals surface area contributed by atoms with Crippen LogP contribution in [0.5, 0.6) is 0 Å². The Hall–Kier alpha value is -0.990. The van der Waals surface area contributed by atoms with Crippen LogP contribution in [-0.2, 0) is 13.5 Å². The number of benzene rings is 1. The number of hydrogen-bond acceptors (Lipinski definition) is 1. The summed E-state index contributed by atoms with van der Waals surface area (Å²) in [4.78, 5) is 0. The third-order valence-corrected chi connectivity index (χ3v) is 4.20. The Morgan fingerprint density at radius 1 is 1.47 bits per heavy atom. The molecule has 3 rings (SSSR count). The van der Waals surface area contributed by atoms with Crippen molar-refractivity contribution in [3.63, 3.8) is 0 Å². The van der Waals surface area contributed by atoms with E-state index in [1.807, 2.05) is 6.07 Å². The lowest BCUT2D eigenvalue weighted by Gasteiger charge is -2.23. The fourth-order valence-corrected chi connectivity index (χ4v) is 3.36. The molecule has 0 fully saturated rings. The van der Waals surface area contributed by atoms with Gasteiger partial charge in [0.25, 0.3) is 0 Å². The predicted molar refractivity (Wildman–Crippen MR) is 72.7 cm³/mol. The van der Waals surface area contributed by atoms with Crippen molar-refractivity contribution < 1.29 is 0 Å². The van der Waals surface area contributed by atoms with Crippen molar-refractivity contribution in [2.75, 3.05) is 6.54 Å². The van der Waals surface area contributed by atoms with E-state index < -0.39 is 0 Å². The molecule has 1 aliphatic rings. The lowest BCUT2D eigenvalue weighted by molar-refractivity contribution is 0.534. The molecule has 0 saturated carbocycles. The maximum atomic E-state index is 6.11. The molecule has 0 bridgehead atoms. The summed E-state index contributed by atoms with van der Waals surface area (Å²) in [5.74, 6) is 0.509. The van der Waals surface area contributed by atoms with Gasteiger partial charge in [0.1, 0.15) is 0 Å². The molecule has 0 amide bonds. The standard InChI is InChI=1S/C14H17ClN2/c1-17-13-6-5-10(15)7-12(13)11-4-2-3-9(8-16)14(11)17/h5-7,9H,2-4,8,16H2,1H3. The van der Waals surface area contributed by atoms with Gasteiger partial charge < -0.3 is 10.3 Å². The third kappa shape index (κ3) is 1.59. The Kier molecular flexibility index (Phi) is 2.64. The fourth-order valence-electron chi connectivity index (χ4n) is 3.19. The summed E-state index contributed by atoms with van der Waals surface area (Å²) in [7, 11) is 2.14. The number of halogens is 1. The zero-order valence-electron chi connectivity index (χ0n) is 10.0. The van der Waals surface area contributed by atoms with E-state index in [1.54, 1.807) is 0 Å². The van der Waals surface area contributed by atoms with Crippen LogP contribution in [0, 0.1) is 0 Å². The smallest absolute Gasteiger partial charge is 0.0483 e. The summed E-state index contributed by atoms with van der Waals surface area (Å²) in [5, 5.41) is 2.13. The van der Waals surface area contributed by atoms with Crippen LogP contribution < -0.4 is 5.73 Å². The lowest BCUT2D eigenvalue weighted by atomic mass is 9.87. The van der Waals surface area contributed by atoms with Crippen LogP contribution in [0.15, 0.2) is 18.2 Å². The van der Waals surface area contributed by atoms with Gasteiger partial charge in [-0.25, -0.2) is 0 Å². The highest BCUT2D eigenvalue weighted by Gasteiger charge is 2.25. The average Bonchev–Trinajstić information content (AvgIpc) is 2.63. The molecule has 3 heteroatoms. The van der Waals surface area contributed by atoms with Crippen LogP contribution in [0.25, 0.3) is 10.9 Å². The van der Waals surface area contributed by atoms with E-state index in [4.69, 9.17) is 17.3 Å². The van der Waals surface area contributed by atoms with Gasteiger partial charge >= 0.3 is 0 Å². The SMILES string of the molecule is Cn1c2c(c3cc(Cl)ccc31)CCCC2CN. The van der Waals surface area contributed by atoms with Crippen LogP contribution in [-0.4, -0.2) is 11.1 Å². The Bertz CT molecular complexity index is 571.